The molecule has 0 saturated carbocycles. The van der Waals surface area contributed by atoms with Gasteiger partial charge in [0.25, 0.3) is 10.1 Å². The highest BCUT2D eigenvalue weighted by Gasteiger charge is 2.58. The number of hydrogen-bond donors (Lipinski definition) is 3. The van der Waals surface area contributed by atoms with Gasteiger partial charge in [0.05, 0.1) is 5.92 Å². The second-order valence-corrected chi connectivity index (χ2v) is 7.29. The van der Waals surface area contributed by atoms with E-state index in [0.717, 1.165) is 31.8 Å². The number of unbranched alkanes of at least 4 members (excludes halogenated alkanes) is 5. The minimum absolute atomic E-state index is 0.138. The Morgan fingerprint density at radius 1 is 1.13 bits per heavy atom. The highest BCUT2D eigenvalue weighted by Crippen LogP contribution is 2.35. The van der Waals surface area contributed by atoms with Gasteiger partial charge in [0.15, 0.2) is 0 Å². The molecule has 0 aromatic heterocycles. The van der Waals surface area contributed by atoms with E-state index < -0.39 is 39.1 Å². The van der Waals surface area contributed by atoms with Crippen LogP contribution in [-0.2, 0) is 19.7 Å². The third kappa shape index (κ3) is 5.62. The number of carboxylic acid groups (broad SMARTS) is 2. The van der Waals surface area contributed by atoms with Crippen LogP contribution in [0.4, 0.5) is 0 Å². The van der Waals surface area contributed by atoms with Gasteiger partial charge < -0.3 is 10.2 Å². The van der Waals surface area contributed by atoms with E-state index in [1.165, 1.54) is 0 Å². The molecular weight excluding hydrogens is 324 g/mol. The van der Waals surface area contributed by atoms with E-state index in [4.69, 9.17) is 0 Å². The molecule has 0 aliphatic heterocycles. The summed E-state index contributed by atoms with van der Waals surface area (Å²) in [4.78, 5) is 23.0. The van der Waals surface area contributed by atoms with E-state index in [9.17, 15) is 32.8 Å². The number of hydrogen-bond acceptors (Lipinski definition) is 4. The van der Waals surface area contributed by atoms with Gasteiger partial charge in [-0.25, -0.2) is 0 Å². The maximum atomic E-state index is 11.7. The molecule has 0 fully saturated rings. The van der Waals surface area contributed by atoms with E-state index in [1.54, 1.807) is 0 Å². The zero-order chi connectivity index (χ0) is 18.1. The monoisotopic (exact) mass is 350 g/mol. The first kappa shape index (κ1) is 21.6. The van der Waals surface area contributed by atoms with Gasteiger partial charge in [-0.1, -0.05) is 51.5 Å². The highest BCUT2D eigenvalue weighted by atomic mass is 32.2. The zero-order valence-corrected chi connectivity index (χ0v) is 14.2. The predicted octanol–water partition coefficient (Wildman–Crippen LogP) is 2.73. The lowest BCUT2D eigenvalue weighted by Gasteiger charge is -2.31. The van der Waals surface area contributed by atoms with Gasteiger partial charge in [-0.15, -0.1) is 6.58 Å². The number of rotatable bonds is 13. The van der Waals surface area contributed by atoms with Crippen molar-refractivity contribution in [2.24, 2.45) is 5.92 Å². The minimum atomic E-state index is -5.14. The Balaban J connectivity index is 5.29. The molecule has 3 N–H and O–H groups in total. The molecule has 0 bridgehead atoms. The van der Waals surface area contributed by atoms with Crippen molar-refractivity contribution in [3.05, 3.63) is 12.7 Å². The van der Waals surface area contributed by atoms with E-state index >= 15 is 0 Å². The molecule has 0 aliphatic carbocycles. The SMILES string of the molecule is C=CCC(C(=O)O)(C(CCCCCCCC)C(=O)O)S(=O)(=O)O. The van der Waals surface area contributed by atoms with Gasteiger partial charge in [-0.05, 0) is 12.8 Å². The Morgan fingerprint density at radius 3 is 2.04 bits per heavy atom. The first-order valence-electron chi connectivity index (χ1n) is 7.69. The number of carboxylic acids is 2. The normalized spacial score (nSPS) is 15.6. The predicted molar refractivity (Wildman–Crippen MR) is 85.8 cm³/mol. The first-order valence-corrected chi connectivity index (χ1v) is 9.13. The average Bonchev–Trinajstić information content (AvgIpc) is 2.42. The second-order valence-electron chi connectivity index (χ2n) is 5.61. The van der Waals surface area contributed by atoms with Crippen LogP contribution in [0.2, 0.25) is 0 Å². The van der Waals surface area contributed by atoms with Crippen molar-refractivity contribution in [3.63, 3.8) is 0 Å². The Morgan fingerprint density at radius 2 is 1.65 bits per heavy atom. The summed E-state index contributed by atoms with van der Waals surface area (Å²) in [6.07, 6.45) is 5.22. The largest absolute Gasteiger partial charge is 0.481 e. The average molecular weight is 350 g/mol. The fraction of sp³-hybridized carbons (Fsp3) is 0.733. The summed E-state index contributed by atoms with van der Waals surface area (Å²) in [7, 11) is -5.14. The van der Waals surface area contributed by atoms with Gasteiger partial charge in [-0.2, -0.15) is 8.42 Å². The molecule has 2 atom stereocenters. The number of carbonyl (C=O) groups is 2. The summed E-state index contributed by atoms with van der Waals surface area (Å²) in [6.45, 7) is 5.34. The Kier molecular flexibility index (Phi) is 9.07. The second kappa shape index (κ2) is 9.67. The molecule has 0 spiro atoms. The Labute approximate surface area is 137 Å². The molecule has 134 valence electrons. The summed E-state index contributed by atoms with van der Waals surface area (Å²) in [5.41, 5.74) is 0. The molecule has 0 amide bonds. The van der Waals surface area contributed by atoms with Gasteiger partial charge in [0, 0.05) is 0 Å². The quantitative estimate of drug-likeness (QED) is 0.264. The molecule has 0 rings (SSSR count). The zero-order valence-electron chi connectivity index (χ0n) is 13.4. The fourth-order valence-electron chi connectivity index (χ4n) is 2.67. The summed E-state index contributed by atoms with van der Waals surface area (Å²) in [5.74, 6) is -5.17. The maximum Gasteiger partial charge on any atom is 0.328 e. The van der Waals surface area contributed by atoms with Crippen molar-refractivity contribution in [2.75, 3.05) is 0 Å². The molecule has 0 radical (unpaired) electrons. The highest BCUT2D eigenvalue weighted by molar-refractivity contribution is 7.88. The van der Waals surface area contributed by atoms with Crippen LogP contribution in [0.15, 0.2) is 12.7 Å². The van der Waals surface area contributed by atoms with Crippen LogP contribution in [0.3, 0.4) is 0 Å². The van der Waals surface area contributed by atoms with Crippen molar-refractivity contribution in [3.8, 4) is 0 Å². The van der Waals surface area contributed by atoms with Crippen LogP contribution < -0.4 is 0 Å². The lowest BCUT2D eigenvalue weighted by molar-refractivity contribution is -0.152. The van der Waals surface area contributed by atoms with Crippen molar-refractivity contribution in [2.45, 2.75) is 63.0 Å². The lowest BCUT2D eigenvalue weighted by Crippen LogP contribution is -2.54. The topological polar surface area (TPSA) is 129 Å². The van der Waals surface area contributed by atoms with Gasteiger partial charge in [-0.3, -0.25) is 14.1 Å². The minimum Gasteiger partial charge on any atom is -0.481 e. The van der Waals surface area contributed by atoms with Gasteiger partial charge in [0.2, 0.25) is 4.75 Å². The van der Waals surface area contributed by atoms with E-state index in [1.807, 2.05) is 0 Å². The van der Waals surface area contributed by atoms with Crippen LogP contribution in [0, 0.1) is 5.92 Å². The van der Waals surface area contributed by atoms with Crippen LogP contribution >= 0.6 is 0 Å². The molecule has 0 aromatic rings. The van der Waals surface area contributed by atoms with E-state index in [0.29, 0.717) is 12.8 Å². The molecular formula is C15H26O7S. The number of aliphatic carboxylic acids is 2. The lowest BCUT2D eigenvalue weighted by atomic mass is 9.84. The van der Waals surface area contributed by atoms with Gasteiger partial charge >= 0.3 is 11.9 Å². The first-order chi connectivity index (χ1) is 10.6. The Hall–Kier alpha value is -1.41. The summed E-state index contributed by atoms with van der Waals surface area (Å²) in [5, 5.41) is 18.6. The van der Waals surface area contributed by atoms with Crippen LogP contribution in [0.25, 0.3) is 0 Å². The molecule has 0 aromatic carbocycles. The summed E-state index contributed by atoms with van der Waals surface area (Å²) >= 11 is 0. The van der Waals surface area contributed by atoms with E-state index in [2.05, 4.69) is 13.5 Å². The van der Waals surface area contributed by atoms with E-state index in [-0.39, 0.29) is 6.42 Å². The maximum absolute atomic E-state index is 11.7. The summed E-state index contributed by atoms with van der Waals surface area (Å²) in [6, 6.07) is 0. The fourth-order valence-corrected chi connectivity index (χ4v) is 3.80. The molecule has 0 saturated heterocycles. The molecule has 23 heavy (non-hydrogen) atoms. The van der Waals surface area contributed by atoms with Crippen molar-refractivity contribution in [1.82, 2.24) is 0 Å². The van der Waals surface area contributed by atoms with Crippen molar-refractivity contribution in [1.29, 1.82) is 0 Å². The third-order valence-corrected chi connectivity index (χ3v) is 5.52. The Bertz CT molecular complexity index is 512. The van der Waals surface area contributed by atoms with Crippen molar-refractivity contribution >= 4 is 22.1 Å². The van der Waals surface area contributed by atoms with Crippen LogP contribution in [0.5, 0.6) is 0 Å². The van der Waals surface area contributed by atoms with Crippen LogP contribution in [0.1, 0.15) is 58.3 Å². The molecule has 0 aliphatic rings. The number of allylic oxidation sites excluding steroid dienone is 1. The summed E-state index contributed by atoms with van der Waals surface area (Å²) < 4.78 is 29.9. The molecule has 0 heterocycles. The third-order valence-electron chi connectivity index (χ3n) is 3.98. The molecule has 2 unspecified atom stereocenters. The van der Waals surface area contributed by atoms with Crippen LogP contribution in [-0.4, -0.2) is 39.9 Å². The molecule has 7 nitrogen and oxygen atoms in total. The van der Waals surface area contributed by atoms with Gasteiger partial charge in [0.1, 0.15) is 0 Å². The molecule has 8 heteroatoms. The smallest absolute Gasteiger partial charge is 0.328 e. The van der Waals surface area contributed by atoms with Crippen molar-refractivity contribution < 1.29 is 32.8 Å². The standard InChI is InChI=1S/C15H26O7S/c1-3-5-6-7-8-9-10-12(13(16)17)15(11-4-2,14(18)19)23(20,21)22/h4,12H,2-3,5-11H2,1H3,(H,16,17)(H,18,19)(H,20,21,22).